The standard InChI is InChI=1S/C23H27NO4/c1-6-7-17-12-15-21(27-4)19(22(17)28-5)13-14-20(25)16-8-10-18(11-9-16)23(26)24(2)3/h8-15H,6-7H2,1-5H3. The van der Waals surface area contributed by atoms with Gasteiger partial charge in [0.2, 0.25) is 0 Å². The molecule has 0 saturated heterocycles. The molecule has 2 aromatic carbocycles. The highest BCUT2D eigenvalue weighted by Gasteiger charge is 2.13. The van der Waals surface area contributed by atoms with Crippen LogP contribution >= 0.6 is 0 Å². The minimum Gasteiger partial charge on any atom is -0.496 e. The van der Waals surface area contributed by atoms with E-state index in [4.69, 9.17) is 9.47 Å². The van der Waals surface area contributed by atoms with Gasteiger partial charge in [-0.2, -0.15) is 0 Å². The van der Waals surface area contributed by atoms with Gasteiger partial charge in [-0.15, -0.1) is 0 Å². The van der Waals surface area contributed by atoms with Gasteiger partial charge in [0, 0.05) is 25.2 Å². The summed E-state index contributed by atoms with van der Waals surface area (Å²) in [6, 6.07) is 10.5. The van der Waals surface area contributed by atoms with Crippen LogP contribution in [0.1, 0.15) is 45.2 Å². The molecule has 0 unspecified atom stereocenters. The van der Waals surface area contributed by atoms with Crippen molar-refractivity contribution in [1.29, 1.82) is 0 Å². The number of rotatable bonds is 8. The molecular formula is C23H27NO4. The second-order valence-electron chi connectivity index (χ2n) is 6.60. The fraction of sp³-hybridized carbons (Fsp3) is 0.304. The van der Waals surface area contributed by atoms with Gasteiger partial charge in [-0.05, 0) is 42.3 Å². The van der Waals surface area contributed by atoms with Crippen molar-refractivity contribution < 1.29 is 19.1 Å². The molecule has 0 aliphatic heterocycles. The summed E-state index contributed by atoms with van der Waals surface area (Å²) in [7, 11) is 6.59. The van der Waals surface area contributed by atoms with Crippen molar-refractivity contribution in [3.63, 3.8) is 0 Å². The quantitative estimate of drug-likeness (QED) is 0.507. The number of aryl methyl sites for hydroxylation is 1. The second-order valence-corrected chi connectivity index (χ2v) is 6.60. The number of ketones is 1. The molecule has 5 nitrogen and oxygen atoms in total. The Morgan fingerprint density at radius 1 is 0.964 bits per heavy atom. The highest BCUT2D eigenvalue weighted by atomic mass is 16.5. The Morgan fingerprint density at radius 3 is 2.14 bits per heavy atom. The lowest BCUT2D eigenvalue weighted by Gasteiger charge is -2.14. The Morgan fingerprint density at radius 2 is 1.61 bits per heavy atom. The Balaban J connectivity index is 2.31. The number of hydrogen-bond donors (Lipinski definition) is 0. The fourth-order valence-corrected chi connectivity index (χ4v) is 2.96. The maximum absolute atomic E-state index is 12.6. The number of benzene rings is 2. The lowest BCUT2D eigenvalue weighted by Crippen LogP contribution is -2.21. The number of ether oxygens (including phenoxy) is 2. The van der Waals surface area contributed by atoms with Gasteiger partial charge < -0.3 is 14.4 Å². The second kappa shape index (κ2) is 9.74. The summed E-state index contributed by atoms with van der Waals surface area (Å²) in [6.45, 7) is 2.10. The third kappa shape index (κ3) is 4.80. The van der Waals surface area contributed by atoms with Gasteiger partial charge in [0.25, 0.3) is 5.91 Å². The molecule has 0 atom stereocenters. The molecule has 148 valence electrons. The van der Waals surface area contributed by atoms with E-state index in [0.717, 1.165) is 29.7 Å². The molecule has 0 spiro atoms. The first-order chi connectivity index (χ1) is 13.4. The number of amides is 1. The van der Waals surface area contributed by atoms with E-state index in [1.165, 1.54) is 11.0 Å². The van der Waals surface area contributed by atoms with Crippen molar-refractivity contribution in [3.8, 4) is 11.5 Å². The molecule has 28 heavy (non-hydrogen) atoms. The van der Waals surface area contributed by atoms with Crippen LogP contribution in [0.3, 0.4) is 0 Å². The summed E-state index contributed by atoms with van der Waals surface area (Å²) in [6.07, 6.45) is 5.09. The highest BCUT2D eigenvalue weighted by molar-refractivity contribution is 6.07. The van der Waals surface area contributed by atoms with Crippen molar-refractivity contribution in [2.45, 2.75) is 19.8 Å². The SMILES string of the molecule is CCCc1ccc(OC)c(C=CC(=O)c2ccc(C(=O)N(C)C)cc2)c1OC. The summed E-state index contributed by atoms with van der Waals surface area (Å²) in [5, 5.41) is 0. The minimum absolute atomic E-state index is 0.100. The van der Waals surface area contributed by atoms with Gasteiger partial charge in [-0.25, -0.2) is 0 Å². The van der Waals surface area contributed by atoms with E-state index in [1.54, 1.807) is 58.7 Å². The summed E-state index contributed by atoms with van der Waals surface area (Å²) >= 11 is 0. The lowest BCUT2D eigenvalue weighted by atomic mass is 10.0. The molecule has 0 heterocycles. The first-order valence-electron chi connectivity index (χ1n) is 9.20. The molecule has 0 aromatic heterocycles. The number of carbonyl (C=O) groups excluding carboxylic acids is 2. The van der Waals surface area contributed by atoms with E-state index < -0.39 is 0 Å². The van der Waals surface area contributed by atoms with Gasteiger partial charge in [0.05, 0.1) is 19.8 Å². The largest absolute Gasteiger partial charge is 0.496 e. The smallest absolute Gasteiger partial charge is 0.253 e. The van der Waals surface area contributed by atoms with Gasteiger partial charge in [-0.3, -0.25) is 9.59 Å². The van der Waals surface area contributed by atoms with E-state index in [2.05, 4.69) is 6.92 Å². The first-order valence-corrected chi connectivity index (χ1v) is 9.20. The average molecular weight is 381 g/mol. The number of nitrogens with zero attached hydrogens (tertiary/aromatic N) is 1. The van der Waals surface area contributed by atoms with Crippen LogP contribution in [0.2, 0.25) is 0 Å². The van der Waals surface area contributed by atoms with Gasteiger partial charge in [-0.1, -0.05) is 31.5 Å². The summed E-state index contributed by atoms with van der Waals surface area (Å²) in [5.74, 6) is 1.11. The third-order valence-electron chi connectivity index (χ3n) is 4.40. The molecule has 1 amide bonds. The van der Waals surface area contributed by atoms with Crippen molar-refractivity contribution in [1.82, 2.24) is 4.90 Å². The lowest BCUT2D eigenvalue weighted by molar-refractivity contribution is 0.0827. The zero-order valence-corrected chi connectivity index (χ0v) is 17.1. The predicted octanol–water partition coefficient (Wildman–Crippen LogP) is 4.25. The van der Waals surface area contributed by atoms with E-state index in [9.17, 15) is 9.59 Å². The Bertz CT molecular complexity index is 867. The topological polar surface area (TPSA) is 55.8 Å². The molecule has 2 rings (SSSR count). The molecule has 0 radical (unpaired) electrons. The molecule has 0 N–H and O–H groups in total. The van der Waals surface area contributed by atoms with Crippen molar-refractivity contribution in [2.75, 3.05) is 28.3 Å². The number of carbonyl (C=O) groups is 2. The van der Waals surface area contributed by atoms with Crippen LogP contribution in [-0.2, 0) is 6.42 Å². The van der Waals surface area contributed by atoms with Crippen LogP contribution in [-0.4, -0.2) is 44.9 Å². The number of allylic oxidation sites excluding steroid dienone is 1. The monoisotopic (exact) mass is 381 g/mol. The van der Waals surface area contributed by atoms with Crippen molar-refractivity contribution >= 4 is 17.8 Å². The molecule has 0 saturated carbocycles. The minimum atomic E-state index is -0.158. The summed E-state index contributed by atoms with van der Waals surface area (Å²) in [4.78, 5) is 26.0. The number of hydrogen-bond acceptors (Lipinski definition) is 4. The van der Waals surface area contributed by atoms with Crippen LogP contribution in [0.25, 0.3) is 6.08 Å². The van der Waals surface area contributed by atoms with Crippen LogP contribution in [0, 0.1) is 0 Å². The van der Waals surface area contributed by atoms with Crippen LogP contribution in [0.5, 0.6) is 11.5 Å². The predicted molar refractivity (Wildman–Crippen MR) is 111 cm³/mol. The molecule has 2 aromatic rings. The maximum Gasteiger partial charge on any atom is 0.253 e. The Hall–Kier alpha value is -3.08. The van der Waals surface area contributed by atoms with Crippen molar-refractivity contribution in [3.05, 3.63) is 64.7 Å². The van der Waals surface area contributed by atoms with Gasteiger partial charge in [0.15, 0.2) is 5.78 Å². The van der Waals surface area contributed by atoms with Crippen LogP contribution < -0.4 is 9.47 Å². The molecule has 0 aliphatic rings. The maximum atomic E-state index is 12.6. The van der Waals surface area contributed by atoms with Gasteiger partial charge >= 0.3 is 0 Å². The van der Waals surface area contributed by atoms with E-state index >= 15 is 0 Å². The third-order valence-corrected chi connectivity index (χ3v) is 4.40. The van der Waals surface area contributed by atoms with Gasteiger partial charge in [0.1, 0.15) is 11.5 Å². The van der Waals surface area contributed by atoms with E-state index in [0.29, 0.717) is 16.9 Å². The average Bonchev–Trinajstić information content (AvgIpc) is 2.71. The Labute approximate surface area is 166 Å². The van der Waals surface area contributed by atoms with Crippen molar-refractivity contribution in [2.24, 2.45) is 0 Å². The molecule has 5 heteroatoms. The zero-order valence-electron chi connectivity index (χ0n) is 17.1. The molecule has 0 bridgehead atoms. The molecule has 0 aliphatic carbocycles. The normalized spacial score (nSPS) is 10.8. The van der Waals surface area contributed by atoms with Crippen LogP contribution in [0.4, 0.5) is 0 Å². The molecular weight excluding hydrogens is 354 g/mol. The highest BCUT2D eigenvalue weighted by Crippen LogP contribution is 2.34. The Kier molecular flexibility index (Phi) is 7.38. The summed E-state index contributed by atoms with van der Waals surface area (Å²) in [5.41, 5.74) is 2.86. The fourth-order valence-electron chi connectivity index (χ4n) is 2.96. The summed E-state index contributed by atoms with van der Waals surface area (Å²) < 4.78 is 11.0. The number of methoxy groups -OCH3 is 2. The van der Waals surface area contributed by atoms with Crippen LogP contribution in [0.15, 0.2) is 42.5 Å². The zero-order chi connectivity index (χ0) is 20.7. The van der Waals surface area contributed by atoms with E-state index in [-0.39, 0.29) is 11.7 Å². The molecule has 0 fully saturated rings. The van der Waals surface area contributed by atoms with E-state index in [1.807, 2.05) is 12.1 Å². The first kappa shape index (κ1) is 21.2.